The van der Waals surface area contributed by atoms with Gasteiger partial charge in [-0.25, -0.2) is 4.39 Å². The van der Waals surface area contributed by atoms with E-state index in [1.165, 1.54) is 11.6 Å². The lowest BCUT2D eigenvalue weighted by Gasteiger charge is -2.30. The number of hydrogen-bond acceptors (Lipinski definition) is 2. The van der Waals surface area contributed by atoms with Crippen molar-refractivity contribution in [2.75, 3.05) is 5.32 Å². The maximum absolute atomic E-state index is 13.8. The summed E-state index contributed by atoms with van der Waals surface area (Å²) < 4.78 is 13.8. The van der Waals surface area contributed by atoms with Crippen LogP contribution in [0, 0.1) is 17.2 Å². The van der Waals surface area contributed by atoms with Gasteiger partial charge in [0.05, 0.1) is 5.52 Å². The van der Waals surface area contributed by atoms with Crippen LogP contribution in [-0.2, 0) is 4.79 Å². The molecule has 3 aromatic rings. The Balaban J connectivity index is 1.26. The van der Waals surface area contributed by atoms with Crippen LogP contribution in [0.5, 0.6) is 0 Å². The normalized spacial score (nSPS) is 25.9. The van der Waals surface area contributed by atoms with Crippen LogP contribution in [0.3, 0.4) is 0 Å². The fourth-order valence-electron chi connectivity index (χ4n) is 5.03. The number of benzene rings is 2. The van der Waals surface area contributed by atoms with Crippen molar-refractivity contribution in [3.8, 4) is 0 Å². The number of pyridine rings is 1. The Morgan fingerprint density at radius 2 is 1.86 bits per heavy atom. The zero-order valence-corrected chi connectivity index (χ0v) is 16.8. The summed E-state index contributed by atoms with van der Waals surface area (Å²) in [5.41, 5.74) is 2.96. The van der Waals surface area contributed by atoms with Crippen molar-refractivity contribution in [1.29, 1.82) is 0 Å². The molecule has 2 aromatic carbocycles. The molecule has 1 N–H and O–H groups in total. The third-order valence-electron chi connectivity index (χ3n) is 6.78. The number of nitrogens with one attached hydrogen (secondary N) is 1. The maximum Gasteiger partial charge on any atom is 0.228 e. The number of carbonyl (C=O) groups excluding carboxylic acids is 1. The van der Waals surface area contributed by atoms with Gasteiger partial charge in [0.25, 0.3) is 0 Å². The van der Waals surface area contributed by atoms with Gasteiger partial charge < -0.3 is 5.32 Å². The summed E-state index contributed by atoms with van der Waals surface area (Å²) in [4.78, 5) is 17.1. The summed E-state index contributed by atoms with van der Waals surface area (Å²) in [6.45, 7) is 0. The van der Waals surface area contributed by atoms with Gasteiger partial charge in [-0.15, -0.1) is 0 Å². The molecule has 1 aromatic heterocycles. The number of aromatic nitrogens is 1. The standard InChI is InChI=1S/C24H22ClFN2O/c25-16-1-4-18(5-2-16)28-23(29)21-14-24(21)10-7-15(8-11-24)19-9-12-27-22-6-3-17(26)13-20(19)22/h1-6,9,12-13,15,21H,7-8,10-11,14H2,(H,28,29)/t15?,21-,24?/m1/s1. The summed E-state index contributed by atoms with van der Waals surface area (Å²) in [5.74, 6) is 0.376. The lowest BCUT2D eigenvalue weighted by molar-refractivity contribution is -0.118. The molecule has 3 nitrogen and oxygen atoms in total. The highest BCUT2D eigenvalue weighted by atomic mass is 35.5. The van der Waals surface area contributed by atoms with Crippen molar-refractivity contribution in [2.24, 2.45) is 11.3 Å². The molecule has 0 bridgehead atoms. The molecular weight excluding hydrogens is 387 g/mol. The zero-order valence-electron chi connectivity index (χ0n) is 16.0. The molecule has 5 rings (SSSR count). The highest BCUT2D eigenvalue weighted by Crippen LogP contribution is 2.63. The van der Waals surface area contributed by atoms with Crippen LogP contribution in [0.1, 0.15) is 43.6 Å². The van der Waals surface area contributed by atoms with Gasteiger partial charge in [0, 0.05) is 28.2 Å². The Kier molecular flexibility index (Phi) is 4.54. The lowest BCUT2D eigenvalue weighted by Crippen LogP contribution is -2.22. The van der Waals surface area contributed by atoms with Gasteiger partial charge in [0.15, 0.2) is 0 Å². The predicted octanol–water partition coefficient (Wildman–Crippen LogP) is 6.33. The molecular formula is C24H22ClFN2O. The van der Waals surface area contributed by atoms with Crippen molar-refractivity contribution in [2.45, 2.75) is 38.0 Å². The van der Waals surface area contributed by atoms with Gasteiger partial charge in [-0.1, -0.05) is 11.6 Å². The van der Waals surface area contributed by atoms with Gasteiger partial charge in [-0.05, 0) is 97.5 Å². The predicted molar refractivity (Wildman–Crippen MR) is 114 cm³/mol. The van der Waals surface area contributed by atoms with Gasteiger partial charge in [0.1, 0.15) is 5.82 Å². The molecule has 1 atom stereocenters. The van der Waals surface area contributed by atoms with Crippen molar-refractivity contribution in [3.63, 3.8) is 0 Å². The van der Waals surface area contributed by atoms with Crippen molar-refractivity contribution < 1.29 is 9.18 Å². The van der Waals surface area contributed by atoms with Gasteiger partial charge in [-0.3, -0.25) is 9.78 Å². The van der Waals surface area contributed by atoms with E-state index in [2.05, 4.69) is 10.3 Å². The number of halogens is 2. The van der Waals surface area contributed by atoms with E-state index in [1.54, 1.807) is 24.3 Å². The van der Waals surface area contributed by atoms with Crippen molar-refractivity contribution >= 4 is 34.1 Å². The van der Waals surface area contributed by atoms with Crippen LogP contribution < -0.4 is 5.32 Å². The third kappa shape index (κ3) is 3.51. The molecule has 2 saturated carbocycles. The lowest BCUT2D eigenvalue weighted by atomic mass is 9.75. The van der Waals surface area contributed by atoms with Gasteiger partial charge in [-0.2, -0.15) is 0 Å². The molecule has 0 radical (unpaired) electrons. The number of fused-ring (bicyclic) bond motifs is 1. The summed E-state index contributed by atoms with van der Waals surface area (Å²) in [6, 6.07) is 14.1. The maximum atomic E-state index is 13.8. The average Bonchev–Trinajstić information content (AvgIpc) is 3.43. The fourth-order valence-corrected chi connectivity index (χ4v) is 5.16. The highest BCUT2D eigenvalue weighted by molar-refractivity contribution is 6.30. The van der Waals surface area contributed by atoms with Crippen LogP contribution in [0.25, 0.3) is 10.9 Å². The van der Waals surface area contributed by atoms with Crippen molar-refractivity contribution in [1.82, 2.24) is 4.98 Å². The van der Waals surface area contributed by atoms with Crippen LogP contribution in [0.4, 0.5) is 10.1 Å². The summed E-state index contributed by atoms with van der Waals surface area (Å²) in [6.07, 6.45) is 6.91. The molecule has 1 spiro atoms. The minimum Gasteiger partial charge on any atom is -0.326 e. The van der Waals surface area contributed by atoms with E-state index in [1.807, 2.05) is 24.4 Å². The van der Waals surface area contributed by atoms with E-state index in [0.29, 0.717) is 10.9 Å². The zero-order chi connectivity index (χ0) is 20.0. The first-order valence-electron chi connectivity index (χ1n) is 10.1. The molecule has 29 heavy (non-hydrogen) atoms. The quantitative estimate of drug-likeness (QED) is 0.550. The monoisotopic (exact) mass is 408 g/mol. The Bertz CT molecular complexity index is 1070. The fraction of sp³-hybridized carbons (Fsp3) is 0.333. The first-order chi connectivity index (χ1) is 14.0. The van der Waals surface area contributed by atoms with Crippen LogP contribution in [-0.4, -0.2) is 10.9 Å². The number of hydrogen-bond donors (Lipinski definition) is 1. The minimum atomic E-state index is -0.222. The highest BCUT2D eigenvalue weighted by Gasteiger charge is 2.58. The number of carbonyl (C=O) groups is 1. The number of rotatable bonds is 3. The molecule has 0 saturated heterocycles. The minimum absolute atomic E-state index is 0.0887. The van der Waals surface area contributed by atoms with Gasteiger partial charge in [0.2, 0.25) is 5.91 Å². The smallest absolute Gasteiger partial charge is 0.228 e. The molecule has 2 aliphatic carbocycles. The van der Waals surface area contributed by atoms with Crippen LogP contribution in [0.15, 0.2) is 54.7 Å². The second kappa shape index (κ2) is 7.10. The topological polar surface area (TPSA) is 42.0 Å². The van der Waals surface area contributed by atoms with Crippen LogP contribution >= 0.6 is 11.6 Å². The summed E-state index contributed by atoms with van der Waals surface area (Å²) in [7, 11) is 0. The third-order valence-corrected chi connectivity index (χ3v) is 7.03. The van der Waals surface area contributed by atoms with E-state index < -0.39 is 0 Å². The Morgan fingerprint density at radius 1 is 1.10 bits per heavy atom. The summed E-state index contributed by atoms with van der Waals surface area (Å²) in [5, 5.41) is 4.61. The second-order valence-corrected chi connectivity index (χ2v) is 8.89. The van der Waals surface area contributed by atoms with E-state index >= 15 is 0 Å². The number of anilines is 1. The molecule has 5 heteroatoms. The van der Waals surface area contributed by atoms with Crippen molar-refractivity contribution in [3.05, 3.63) is 71.1 Å². The SMILES string of the molecule is O=C(Nc1ccc(Cl)cc1)[C@H]1CC12CCC(c1ccnc3ccc(F)cc13)CC2. The molecule has 0 aliphatic heterocycles. The largest absolute Gasteiger partial charge is 0.326 e. The second-order valence-electron chi connectivity index (χ2n) is 8.45. The number of nitrogens with zero attached hydrogens (tertiary/aromatic N) is 1. The van der Waals surface area contributed by atoms with Gasteiger partial charge >= 0.3 is 0 Å². The average molecular weight is 409 g/mol. The molecule has 2 fully saturated rings. The van der Waals surface area contributed by atoms with E-state index in [4.69, 9.17) is 11.6 Å². The molecule has 148 valence electrons. The number of amides is 1. The Hall–Kier alpha value is -2.46. The first kappa shape index (κ1) is 18.6. The Morgan fingerprint density at radius 3 is 2.62 bits per heavy atom. The molecule has 1 amide bonds. The Labute approximate surface area is 174 Å². The van der Waals surface area contributed by atoms with E-state index in [-0.39, 0.29) is 23.1 Å². The van der Waals surface area contributed by atoms with E-state index in [0.717, 1.165) is 48.7 Å². The first-order valence-corrected chi connectivity index (χ1v) is 10.5. The molecule has 1 heterocycles. The molecule has 2 aliphatic rings. The molecule has 0 unspecified atom stereocenters. The summed E-state index contributed by atoms with van der Waals surface area (Å²) >= 11 is 5.91. The van der Waals surface area contributed by atoms with E-state index in [9.17, 15) is 9.18 Å². The van der Waals surface area contributed by atoms with Crippen LogP contribution in [0.2, 0.25) is 5.02 Å².